The van der Waals surface area contributed by atoms with E-state index in [2.05, 4.69) is 6.58 Å². The summed E-state index contributed by atoms with van der Waals surface area (Å²) in [7, 11) is 0. The maximum atomic E-state index is 12.6. The van der Waals surface area contributed by atoms with Gasteiger partial charge in [-0.15, -0.1) is 0 Å². The Hall–Kier alpha value is -1.33. The fraction of sp³-hybridized carbons (Fsp3) is 0.231. The average molecular weight is 325 g/mol. The molecule has 1 aliphatic rings. The van der Waals surface area contributed by atoms with Gasteiger partial charge >= 0.3 is 6.18 Å². The quantitative estimate of drug-likeness (QED) is 0.736. The molecule has 7 heteroatoms. The molecule has 108 valence electrons. The van der Waals surface area contributed by atoms with Crippen molar-refractivity contribution < 1.29 is 22.6 Å². The first-order valence-electron chi connectivity index (χ1n) is 5.52. The van der Waals surface area contributed by atoms with E-state index in [0.717, 1.165) is 6.08 Å². The lowest BCUT2D eigenvalue weighted by molar-refractivity contribution is -0.180. The lowest BCUT2D eigenvalue weighted by Crippen LogP contribution is -2.33. The van der Waals surface area contributed by atoms with Gasteiger partial charge in [0.2, 0.25) is 6.10 Å². The van der Waals surface area contributed by atoms with E-state index in [9.17, 15) is 13.2 Å². The number of alkyl halides is 3. The monoisotopic (exact) mass is 324 g/mol. The summed E-state index contributed by atoms with van der Waals surface area (Å²) in [6.07, 6.45) is -2.87. The molecule has 0 fully saturated rings. The Bertz CT molecular complexity index is 568. The largest absolute Gasteiger partial charge is 0.486 e. The average Bonchev–Trinajstić information content (AvgIpc) is 2.37. The van der Waals surface area contributed by atoms with E-state index in [1.54, 1.807) is 0 Å². The Balaban J connectivity index is 2.40. The number of hydrogen-bond acceptors (Lipinski definition) is 2. The zero-order chi connectivity index (χ0) is 14.9. The van der Waals surface area contributed by atoms with Gasteiger partial charge in [0.25, 0.3) is 0 Å². The van der Waals surface area contributed by atoms with Gasteiger partial charge in [0.05, 0.1) is 10.0 Å². The number of ether oxygens (including phenoxy) is 2. The van der Waals surface area contributed by atoms with E-state index in [4.69, 9.17) is 32.7 Å². The van der Waals surface area contributed by atoms with Crippen LogP contribution in [0.4, 0.5) is 13.2 Å². The number of benzene rings is 1. The molecule has 0 amide bonds. The maximum Gasteiger partial charge on any atom is 0.429 e. The molecule has 0 aromatic heterocycles. The van der Waals surface area contributed by atoms with E-state index in [-0.39, 0.29) is 28.2 Å². The molecule has 1 aromatic carbocycles. The van der Waals surface area contributed by atoms with Crippen LogP contribution in [0.3, 0.4) is 0 Å². The van der Waals surface area contributed by atoms with Crippen molar-refractivity contribution in [2.24, 2.45) is 0 Å². The first kappa shape index (κ1) is 15.1. The SMILES string of the molecule is C=CCOc1c(Cl)cc2c(c1Cl)C=C[C@H](C(F)(F)F)O2. The van der Waals surface area contributed by atoms with Crippen molar-refractivity contribution in [2.75, 3.05) is 6.61 Å². The summed E-state index contributed by atoms with van der Waals surface area (Å²) in [4.78, 5) is 0. The lowest BCUT2D eigenvalue weighted by atomic mass is 10.1. The molecule has 2 rings (SSSR count). The normalized spacial score (nSPS) is 17.4. The van der Waals surface area contributed by atoms with E-state index in [1.165, 1.54) is 18.2 Å². The van der Waals surface area contributed by atoms with Gasteiger partial charge < -0.3 is 9.47 Å². The molecule has 0 spiro atoms. The molecule has 0 bridgehead atoms. The summed E-state index contributed by atoms with van der Waals surface area (Å²) >= 11 is 12.0. The standard InChI is InChI=1S/C13H9Cl2F3O2/c1-2-5-19-12-8(14)6-9-7(11(12)15)3-4-10(20-9)13(16,17)18/h2-4,6,10H,1,5H2/t10-/m1/s1. The summed E-state index contributed by atoms with van der Waals surface area (Å²) in [5, 5.41) is 0.179. The third-order valence-corrected chi connectivity index (χ3v) is 3.19. The molecule has 0 aliphatic carbocycles. The van der Waals surface area contributed by atoms with E-state index >= 15 is 0 Å². The summed E-state index contributed by atoms with van der Waals surface area (Å²) in [6.45, 7) is 3.66. The van der Waals surface area contributed by atoms with Crippen molar-refractivity contribution in [1.82, 2.24) is 0 Å². The minimum atomic E-state index is -4.49. The van der Waals surface area contributed by atoms with Gasteiger partial charge in [-0.05, 0) is 12.2 Å². The van der Waals surface area contributed by atoms with Crippen LogP contribution in [0.25, 0.3) is 6.08 Å². The molecule has 0 radical (unpaired) electrons. The van der Waals surface area contributed by atoms with E-state index in [1.807, 2.05) is 0 Å². The summed E-state index contributed by atoms with van der Waals surface area (Å²) in [6, 6.07) is 1.25. The van der Waals surface area contributed by atoms with Crippen LogP contribution >= 0.6 is 23.2 Å². The number of rotatable bonds is 3. The molecule has 20 heavy (non-hydrogen) atoms. The first-order chi connectivity index (χ1) is 9.34. The molecule has 0 N–H and O–H groups in total. The second-order valence-electron chi connectivity index (χ2n) is 3.95. The Labute approximate surface area is 123 Å². The third kappa shape index (κ3) is 2.88. The molecule has 2 nitrogen and oxygen atoms in total. The van der Waals surface area contributed by atoms with Gasteiger partial charge in [0.1, 0.15) is 12.4 Å². The first-order valence-corrected chi connectivity index (χ1v) is 6.27. The fourth-order valence-corrected chi connectivity index (χ4v) is 2.27. The predicted octanol–water partition coefficient (Wildman–Crippen LogP) is 4.89. The smallest absolute Gasteiger partial charge is 0.429 e. The fourth-order valence-electron chi connectivity index (χ4n) is 1.66. The molecule has 1 aromatic rings. The number of fused-ring (bicyclic) bond motifs is 1. The lowest BCUT2D eigenvalue weighted by Gasteiger charge is -2.25. The molecule has 1 heterocycles. The van der Waals surface area contributed by atoms with Gasteiger partial charge in [-0.3, -0.25) is 0 Å². The zero-order valence-corrected chi connectivity index (χ0v) is 11.5. The van der Waals surface area contributed by atoms with Crippen molar-refractivity contribution in [3.05, 3.63) is 40.4 Å². The van der Waals surface area contributed by atoms with Crippen molar-refractivity contribution in [3.63, 3.8) is 0 Å². The van der Waals surface area contributed by atoms with Gasteiger partial charge in [0.15, 0.2) is 5.75 Å². The molecule has 0 saturated carbocycles. The summed E-state index contributed by atoms with van der Waals surface area (Å²) < 4.78 is 48.0. The van der Waals surface area contributed by atoms with Crippen molar-refractivity contribution in [3.8, 4) is 11.5 Å². The van der Waals surface area contributed by atoms with Crippen LogP contribution in [-0.4, -0.2) is 18.9 Å². The highest BCUT2D eigenvalue weighted by Crippen LogP contribution is 2.44. The minimum absolute atomic E-state index is 0.0317. The Kier molecular flexibility index (Phi) is 4.20. The Morgan fingerprint density at radius 3 is 2.70 bits per heavy atom. The number of halogens is 5. The topological polar surface area (TPSA) is 18.5 Å². The molecule has 0 saturated heterocycles. The predicted molar refractivity (Wildman–Crippen MR) is 71.7 cm³/mol. The van der Waals surface area contributed by atoms with E-state index in [0.29, 0.717) is 5.56 Å². The van der Waals surface area contributed by atoms with Crippen LogP contribution in [0.15, 0.2) is 24.8 Å². The highest BCUT2D eigenvalue weighted by molar-refractivity contribution is 6.38. The molecule has 0 unspecified atom stereocenters. The van der Waals surface area contributed by atoms with E-state index < -0.39 is 12.3 Å². The molecule has 1 atom stereocenters. The maximum absolute atomic E-state index is 12.6. The summed E-state index contributed by atoms with van der Waals surface area (Å²) in [5.41, 5.74) is 0.302. The van der Waals surface area contributed by atoms with Crippen molar-refractivity contribution in [2.45, 2.75) is 12.3 Å². The van der Waals surface area contributed by atoms with Gasteiger partial charge in [0, 0.05) is 11.6 Å². The van der Waals surface area contributed by atoms with Crippen LogP contribution < -0.4 is 9.47 Å². The second-order valence-corrected chi connectivity index (χ2v) is 4.74. The minimum Gasteiger partial charge on any atom is -0.486 e. The van der Waals surface area contributed by atoms with Gasteiger partial charge in [-0.1, -0.05) is 35.9 Å². The number of hydrogen-bond donors (Lipinski definition) is 0. The van der Waals surface area contributed by atoms with Gasteiger partial charge in [-0.25, -0.2) is 0 Å². The van der Waals surface area contributed by atoms with Crippen molar-refractivity contribution in [1.29, 1.82) is 0 Å². The highest BCUT2D eigenvalue weighted by Gasteiger charge is 2.42. The van der Waals surface area contributed by atoms with Crippen LogP contribution in [0, 0.1) is 0 Å². The van der Waals surface area contributed by atoms with Crippen LogP contribution in [-0.2, 0) is 0 Å². The van der Waals surface area contributed by atoms with Crippen LogP contribution in [0.5, 0.6) is 11.5 Å². The highest BCUT2D eigenvalue weighted by atomic mass is 35.5. The molecular weight excluding hydrogens is 316 g/mol. The Morgan fingerprint density at radius 1 is 1.40 bits per heavy atom. The molecular formula is C13H9Cl2F3O2. The van der Waals surface area contributed by atoms with Crippen LogP contribution in [0.2, 0.25) is 10.0 Å². The molecule has 1 aliphatic heterocycles. The zero-order valence-electron chi connectivity index (χ0n) is 10.0. The van der Waals surface area contributed by atoms with Crippen molar-refractivity contribution >= 4 is 29.3 Å². The Morgan fingerprint density at radius 2 is 2.10 bits per heavy atom. The summed E-state index contributed by atoms with van der Waals surface area (Å²) in [5.74, 6) is 0.154. The van der Waals surface area contributed by atoms with Gasteiger partial charge in [-0.2, -0.15) is 13.2 Å². The van der Waals surface area contributed by atoms with Crippen LogP contribution in [0.1, 0.15) is 5.56 Å². The third-order valence-electron chi connectivity index (χ3n) is 2.54. The second kappa shape index (κ2) is 5.58.